The summed E-state index contributed by atoms with van der Waals surface area (Å²) in [5.74, 6) is 0.341. The maximum absolute atomic E-state index is 10.4. The van der Waals surface area contributed by atoms with Gasteiger partial charge in [0.15, 0.2) is 0 Å². The molecule has 2 aromatic rings. The fourth-order valence-electron chi connectivity index (χ4n) is 2.44. The van der Waals surface area contributed by atoms with Crippen LogP contribution in [0, 0.1) is 0 Å². The number of rotatable bonds is 7. The first-order valence-electron chi connectivity index (χ1n) is 7.13. The van der Waals surface area contributed by atoms with Gasteiger partial charge in [-0.05, 0) is 12.3 Å². The Labute approximate surface area is 125 Å². The lowest BCUT2D eigenvalue weighted by Gasteiger charge is -2.20. The third kappa shape index (κ3) is 3.73. The third-order valence-electron chi connectivity index (χ3n) is 3.74. The standard InChI is InChI=1S/C17H23NO3/c1-12(18-10-14(21-3)11-20-2)15-9-8-13-6-4-5-7-16(13)17(15)19/h4-9,12,14,18-19H,10-11H2,1-3H3. The maximum atomic E-state index is 10.4. The van der Waals surface area contributed by atoms with Gasteiger partial charge in [-0.2, -0.15) is 0 Å². The monoisotopic (exact) mass is 289 g/mol. The van der Waals surface area contributed by atoms with E-state index >= 15 is 0 Å². The van der Waals surface area contributed by atoms with Gasteiger partial charge in [0.05, 0.1) is 12.7 Å². The molecule has 0 amide bonds. The molecule has 4 nitrogen and oxygen atoms in total. The van der Waals surface area contributed by atoms with Crippen molar-refractivity contribution in [3.8, 4) is 5.75 Å². The number of ether oxygens (including phenoxy) is 2. The molecule has 0 fully saturated rings. The Balaban J connectivity index is 2.12. The van der Waals surface area contributed by atoms with Crippen LogP contribution >= 0.6 is 0 Å². The van der Waals surface area contributed by atoms with Crippen LogP contribution in [0.2, 0.25) is 0 Å². The van der Waals surface area contributed by atoms with Crippen molar-refractivity contribution >= 4 is 10.8 Å². The highest BCUT2D eigenvalue weighted by molar-refractivity contribution is 5.89. The van der Waals surface area contributed by atoms with Gasteiger partial charge < -0.3 is 19.9 Å². The Hall–Kier alpha value is -1.62. The van der Waals surface area contributed by atoms with Gasteiger partial charge in [0.2, 0.25) is 0 Å². The van der Waals surface area contributed by atoms with E-state index in [0.717, 1.165) is 16.3 Å². The van der Waals surface area contributed by atoms with Crippen molar-refractivity contribution in [2.24, 2.45) is 0 Å². The quantitative estimate of drug-likeness (QED) is 0.823. The van der Waals surface area contributed by atoms with Gasteiger partial charge in [-0.1, -0.05) is 36.4 Å². The van der Waals surface area contributed by atoms with E-state index < -0.39 is 0 Å². The summed E-state index contributed by atoms with van der Waals surface area (Å²) >= 11 is 0. The predicted molar refractivity (Wildman–Crippen MR) is 84.7 cm³/mol. The van der Waals surface area contributed by atoms with Gasteiger partial charge >= 0.3 is 0 Å². The summed E-state index contributed by atoms with van der Waals surface area (Å²) in [4.78, 5) is 0. The Morgan fingerprint density at radius 2 is 1.90 bits per heavy atom. The Kier molecular flexibility index (Phi) is 5.56. The molecule has 2 rings (SSSR count). The van der Waals surface area contributed by atoms with E-state index in [4.69, 9.17) is 9.47 Å². The van der Waals surface area contributed by atoms with Crippen molar-refractivity contribution in [2.75, 3.05) is 27.4 Å². The van der Waals surface area contributed by atoms with Gasteiger partial charge in [0.25, 0.3) is 0 Å². The number of fused-ring (bicyclic) bond motifs is 1. The molecule has 0 bridgehead atoms. The molecule has 0 saturated heterocycles. The zero-order valence-electron chi connectivity index (χ0n) is 12.8. The van der Waals surface area contributed by atoms with Crippen LogP contribution in [0.3, 0.4) is 0 Å². The third-order valence-corrected chi connectivity index (χ3v) is 3.74. The lowest BCUT2D eigenvalue weighted by atomic mass is 10.0. The minimum atomic E-state index is 0.0000456. The number of benzene rings is 2. The number of phenols is 1. The van der Waals surface area contributed by atoms with E-state index in [9.17, 15) is 5.11 Å². The van der Waals surface area contributed by atoms with Crippen LogP contribution in [0.1, 0.15) is 18.5 Å². The summed E-state index contributed by atoms with van der Waals surface area (Å²) in [5.41, 5.74) is 0.890. The summed E-state index contributed by atoms with van der Waals surface area (Å²) in [6, 6.07) is 11.9. The number of hydrogen-bond donors (Lipinski definition) is 2. The lowest BCUT2D eigenvalue weighted by Crippen LogP contribution is -2.33. The molecule has 0 saturated carbocycles. The molecule has 2 aromatic carbocycles. The molecule has 2 unspecified atom stereocenters. The molecule has 0 spiro atoms. The average Bonchev–Trinajstić information content (AvgIpc) is 2.51. The molecule has 0 aliphatic carbocycles. The van der Waals surface area contributed by atoms with E-state index in [-0.39, 0.29) is 12.1 Å². The number of phenolic OH excluding ortho intramolecular Hbond substituents is 1. The summed E-state index contributed by atoms with van der Waals surface area (Å²) in [5, 5.41) is 15.7. The van der Waals surface area contributed by atoms with Crippen LogP contribution < -0.4 is 5.32 Å². The van der Waals surface area contributed by atoms with E-state index in [1.54, 1.807) is 14.2 Å². The molecule has 0 radical (unpaired) electrons. The van der Waals surface area contributed by atoms with Crippen LogP contribution in [0.5, 0.6) is 5.75 Å². The molecule has 4 heteroatoms. The average molecular weight is 289 g/mol. The van der Waals surface area contributed by atoms with Crippen LogP contribution in [-0.4, -0.2) is 38.6 Å². The largest absolute Gasteiger partial charge is 0.507 e. The van der Waals surface area contributed by atoms with Crippen LogP contribution in [0.15, 0.2) is 36.4 Å². The first kappa shape index (κ1) is 15.8. The zero-order chi connectivity index (χ0) is 15.2. The van der Waals surface area contributed by atoms with E-state index in [0.29, 0.717) is 18.9 Å². The smallest absolute Gasteiger partial charge is 0.128 e. The van der Waals surface area contributed by atoms with Gasteiger partial charge in [-0.3, -0.25) is 0 Å². The Morgan fingerprint density at radius 3 is 2.62 bits per heavy atom. The summed E-state index contributed by atoms with van der Waals surface area (Å²) in [6.07, 6.45) is 0.0000456. The second-order valence-electron chi connectivity index (χ2n) is 5.17. The fourth-order valence-corrected chi connectivity index (χ4v) is 2.44. The summed E-state index contributed by atoms with van der Waals surface area (Å²) in [6.45, 7) is 3.24. The number of methoxy groups -OCH3 is 2. The minimum absolute atomic E-state index is 0.0000456. The van der Waals surface area contributed by atoms with E-state index in [1.165, 1.54) is 0 Å². The van der Waals surface area contributed by atoms with E-state index in [2.05, 4.69) is 5.32 Å². The first-order valence-corrected chi connectivity index (χ1v) is 7.13. The van der Waals surface area contributed by atoms with Gasteiger partial charge in [0.1, 0.15) is 5.75 Å². The summed E-state index contributed by atoms with van der Waals surface area (Å²) < 4.78 is 10.4. The van der Waals surface area contributed by atoms with Crippen molar-refractivity contribution in [1.82, 2.24) is 5.32 Å². The highest BCUT2D eigenvalue weighted by atomic mass is 16.5. The van der Waals surface area contributed by atoms with Gasteiger partial charge in [-0.15, -0.1) is 0 Å². The highest BCUT2D eigenvalue weighted by Gasteiger charge is 2.14. The molecule has 0 heterocycles. The van der Waals surface area contributed by atoms with Crippen molar-refractivity contribution in [3.05, 3.63) is 42.0 Å². The number of aromatic hydroxyl groups is 1. The maximum Gasteiger partial charge on any atom is 0.128 e. The van der Waals surface area contributed by atoms with Crippen molar-refractivity contribution < 1.29 is 14.6 Å². The highest BCUT2D eigenvalue weighted by Crippen LogP contribution is 2.32. The molecule has 21 heavy (non-hydrogen) atoms. The van der Waals surface area contributed by atoms with Crippen molar-refractivity contribution in [2.45, 2.75) is 19.1 Å². The number of hydrogen-bond acceptors (Lipinski definition) is 4. The van der Waals surface area contributed by atoms with Gasteiger partial charge in [0, 0.05) is 37.8 Å². The van der Waals surface area contributed by atoms with E-state index in [1.807, 2.05) is 43.3 Å². The summed E-state index contributed by atoms with van der Waals surface area (Å²) in [7, 11) is 3.33. The first-order chi connectivity index (χ1) is 10.2. The topological polar surface area (TPSA) is 50.7 Å². The normalized spacial score (nSPS) is 14.2. The molecule has 2 atom stereocenters. The van der Waals surface area contributed by atoms with Gasteiger partial charge in [-0.25, -0.2) is 0 Å². The number of nitrogens with one attached hydrogen (secondary N) is 1. The molecule has 0 aromatic heterocycles. The van der Waals surface area contributed by atoms with Crippen molar-refractivity contribution in [3.63, 3.8) is 0 Å². The minimum Gasteiger partial charge on any atom is -0.507 e. The molecule has 0 aliphatic rings. The lowest BCUT2D eigenvalue weighted by molar-refractivity contribution is 0.0276. The zero-order valence-corrected chi connectivity index (χ0v) is 12.8. The molecule has 2 N–H and O–H groups in total. The second-order valence-corrected chi connectivity index (χ2v) is 5.17. The molecule has 114 valence electrons. The molecular weight excluding hydrogens is 266 g/mol. The Bertz CT molecular complexity index is 585. The molecule has 0 aliphatic heterocycles. The fraction of sp³-hybridized carbons (Fsp3) is 0.412. The second kappa shape index (κ2) is 7.41. The van der Waals surface area contributed by atoms with Crippen LogP contribution in [-0.2, 0) is 9.47 Å². The van der Waals surface area contributed by atoms with Crippen molar-refractivity contribution in [1.29, 1.82) is 0 Å². The predicted octanol–water partition coefficient (Wildman–Crippen LogP) is 2.86. The molecular formula is C17H23NO3. The Morgan fingerprint density at radius 1 is 1.14 bits per heavy atom. The van der Waals surface area contributed by atoms with Crippen LogP contribution in [0.4, 0.5) is 0 Å². The van der Waals surface area contributed by atoms with Crippen LogP contribution in [0.25, 0.3) is 10.8 Å². The SMILES string of the molecule is COCC(CNC(C)c1ccc2ccccc2c1O)OC.